The van der Waals surface area contributed by atoms with Crippen molar-refractivity contribution in [3.8, 4) is 5.69 Å². The summed E-state index contributed by atoms with van der Waals surface area (Å²) in [6.45, 7) is 8.23. The van der Waals surface area contributed by atoms with E-state index in [0.717, 1.165) is 30.9 Å². The molecule has 0 bridgehead atoms. The third-order valence-electron chi connectivity index (χ3n) is 4.80. The van der Waals surface area contributed by atoms with Gasteiger partial charge in [-0.1, -0.05) is 42.5 Å². The van der Waals surface area contributed by atoms with Crippen LogP contribution in [0.25, 0.3) is 5.69 Å². The van der Waals surface area contributed by atoms with Gasteiger partial charge in [0.1, 0.15) is 6.54 Å². The zero-order valence-corrected chi connectivity index (χ0v) is 16.0. The van der Waals surface area contributed by atoms with Gasteiger partial charge in [0, 0.05) is 18.3 Å². The normalized spacial score (nSPS) is 10.9. The number of aromatic nitrogens is 2. The smallest absolute Gasteiger partial charge is 0.254 e. The molecule has 0 fully saturated rings. The van der Waals surface area contributed by atoms with Crippen LogP contribution in [0.1, 0.15) is 35.3 Å². The molecule has 1 aromatic heterocycles. The van der Waals surface area contributed by atoms with E-state index < -0.39 is 0 Å². The average Bonchev–Trinajstić information content (AvgIpc) is 3.22. The van der Waals surface area contributed by atoms with Gasteiger partial charge in [-0.3, -0.25) is 4.79 Å². The Balaban J connectivity index is 1.55. The van der Waals surface area contributed by atoms with Crippen LogP contribution in [0.15, 0.2) is 67.0 Å². The molecule has 2 aromatic carbocycles. The molecule has 0 saturated heterocycles. The summed E-state index contributed by atoms with van der Waals surface area (Å²) in [4.78, 5) is 13.9. The fourth-order valence-corrected chi connectivity index (χ4v) is 3.01. The summed E-state index contributed by atoms with van der Waals surface area (Å²) in [6, 6.07) is 18.2. The van der Waals surface area contributed by atoms with Gasteiger partial charge in [-0.05, 0) is 31.5 Å². The zero-order chi connectivity index (χ0) is 19.1. The van der Waals surface area contributed by atoms with Crippen molar-refractivity contribution in [1.29, 1.82) is 0 Å². The zero-order valence-electron chi connectivity index (χ0n) is 16.0. The largest absolute Gasteiger partial charge is 0.348 e. The highest BCUT2D eigenvalue weighted by atomic mass is 16.1. The predicted octanol–water partition coefficient (Wildman–Crippen LogP) is 2.23. The molecule has 0 spiro atoms. The van der Waals surface area contributed by atoms with Gasteiger partial charge >= 0.3 is 0 Å². The fraction of sp³-hybridized carbons (Fsp3) is 0.273. The van der Waals surface area contributed by atoms with E-state index in [4.69, 9.17) is 0 Å². The molecule has 5 heteroatoms. The van der Waals surface area contributed by atoms with Crippen LogP contribution in [0.3, 0.4) is 0 Å². The van der Waals surface area contributed by atoms with Crippen LogP contribution in [0.2, 0.25) is 0 Å². The fourth-order valence-electron chi connectivity index (χ4n) is 3.01. The van der Waals surface area contributed by atoms with E-state index in [0.29, 0.717) is 12.1 Å². The number of amides is 1. The molecule has 0 aliphatic carbocycles. The highest BCUT2D eigenvalue weighted by Crippen LogP contribution is 2.08. The average molecular weight is 363 g/mol. The maximum Gasteiger partial charge on any atom is 0.254 e. The number of nitrogens with one attached hydrogen (secondary N) is 2. The number of rotatable bonds is 8. The highest BCUT2D eigenvalue weighted by Gasteiger charge is 2.09. The SMILES string of the molecule is CC[NH+](CC)Cc1ccc(CNC(=O)c2cnn(-c3ccccc3)c2)cc1. The maximum atomic E-state index is 12.4. The van der Waals surface area contributed by atoms with Gasteiger partial charge in [0.25, 0.3) is 5.91 Å². The molecule has 2 N–H and O–H groups in total. The van der Waals surface area contributed by atoms with Gasteiger partial charge in [-0.25, -0.2) is 4.68 Å². The first-order valence-electron chi connectivity index (χ1n) is 9.49. The van der Waals surface area contributed by atoms with E-state index in [9.17, 15) is 4.79 Å². The second kappa shape index (κ2) is 9.14. The molecule has 1 heterocycles. The lowest BCUT2D eigenvalue weighted by molar-refractivity contribution is -0.910. The lowest BCUT2D eigenvalue weighted by Crippen LogP contribution is -3.10. The Kier molecular flexibility index (Phi) is 6.39. The molecule has 0 saturated carbocycles. The lowest BCUT2D eigenvalue weighted by Gasteiger charge is -2.15. The monoisotopic (exact) mass is 363 g/mol. The standard InChI is InChI=1S/C22H26N4O/c1-3-25(4-2)16-19-12-10-18(11-13-19)14-23-22(27)20-15-24-26(17-20)21-8-6-5-7-9-21/h5-13,15,17H,3-4,14,16H2,1-2H3,(H,23,27)/p+1. The van der Waals surface area contributed by atoms with Crippen molar-refractivity contribution in [3.05, 3.63) is 83.7 Å². The summed E-state index contributed by atoms with van der Waals surface area (Å²) in [6.07, 6.45) is 3.35. The van der Waals surface area contributed by atoms with Gasteiger partial charge < -0.3 is 10.2 Å². The number of carbonyl (C=O) groups excluding carboxylic acids is 1. The molecule has 0 aliphatic heterocycles. The Morgan fingerprint density at radius 3 is 2.33 bits per heavy atom. The number of para-hydroxylation sites is 1. The van der Waals surface area contributed by atoms with Crippen LogP contribution in [0.4, 0.5) is 0 Å². The number of hydrogen-bond donors (Lipinski definition) is 2. The second-order valence-electron chi connectivity index (χ2n) is 6.64. The first-order chi connectivity index (χ1) is 13.2. The molecule has 0 atom stereocenters. The van der Waals surface area contributed by atoms with E-state index in [2.05, 4.69) is 48.5 Å². The summed E-state index contributed by atoms with van der Waals surface area (Å²) in [7, 11) is 0. The summed E-state index contributed by atoms with van der Waals surface area (Å²) in [5.41, 5.74) is 3.91. The Bertz CT molecular complexity index is 852. The van der Waals surface area contributed by atoms with Gasteiger partial charge in [-0.15, -0.1) is 0 Å². The van der Waals surface area contributed by atoms with Gasteiger partial charge in [0.15, 0.2) is 0 Å². The van der Waals surface area contributed by atoms with Crippen LogP contribution in [0.5, 0.6) is 0 Å². The molecular weight excluding hydrogens is 336 g/mol. The number of hydrogen-bond acceptors (Lipinski definition) is 2. The van der Waals surface area contributed by atoms with E-state index in [-0.39, 0.29) is 5.91 Å². The molecule has 27 heavy (non-hydrogen) atoms. The molecule has 5 nitrogen and oxygen atoms in total. The van der Waals surface area contributed by atoms with Crippen molar-refractivity contribution in [2.75, 3.05) is 13.1 Å². The minimum Gasteiger partial charge on any atom is -0.348 e. The third kappa shape index (κ3) is 5.05. The summed E-state index contributed by atoms with van der Waals surface area (Å²) in [5.74, 6) is -0.117. The van der Waals surface area contributed by atoms with Crippen LogP contribution in [-0.4, -0.2) is 28.8 Å². The van der Waals surface area contributed by atoms with Gasteiger partial charge in [-0.2, -0.15) is 5.10 Å². The van der Waals surface area contributed by atoms with E-state index >= 15 is 0 Å². The summed E-state index contributed by atoms with van der Waals surface area (Å²) in [5, 5.41) is 7.24. The minimum atomic E-state index is -0.117. The molecular formula is C22H27N4O+. The quantitative estimate of drug-likeness (QED) is 0.645. The number of quaternary nitrogens is 1. The van der Waals surface area contributed by atoms with E-state index in [1.54, 1.807) is 22.0 Å². The molecule has 1 amide bonds. The van der Waals surface area contributed by atoms with Crippen molar-refractivity contribution in [1.82, 2.24) is 15.1 Å². The van der Waals surface area contributed by atoms with Gasteiger partial charge in [0.2, 0.25) is 0 Å². The summed E-state index contributed by atoms with van der Waals surface area (Å²) < 4.78 is 1.71. The topological polar surface area (TPSA) is 51.4 Å². The number of nitrogens with zero attached hydrogens (tertiary/aromatic N) is 2. The second-order valence-corrected chi connectivity index (χ2v) is 6.64. The van der Waals surface area contributed by atoms with E-state index in [1.807, 2.05) is 30.3 Å². The lowest BCUT2D eigenvalue weighted by atomic mass is 10.1. The van der Waals surface area contributed by atoms with Crippen molar-refractivity contribution in [3.63, 3.8) is 0 Å². The molecule has 3 aromatic rings. The van der Waals surface area contributed by atoms with Crippen LogP contribution in [-0.2, 0) is 13.1 Å². The first kappa shape index (κ1) is 18.9. The Morgan fingerprint density at radius 2 is 1.67 bits per heavy atom. The molecule has 0 unspecified atom stereocenters. The minimum absolute atomic E-state index is 0.117. The van der Waals surface area contributed by atoms with Crippen LogP contribution >= 0.6 is 0 Å². The third-order valence-corrected chi connectivity index (χ3v) is 4.80. The predicted molar refractivity (Wildman–Crippen MR) is 107 cm³/mol. The number of benzene rings is 2. The molecule has 0 radical (unpaired) electrons. The number of carbonyl (C=O) groups is 1. The van der Waals surface area contributed by atoms with Crippen molar-refractivity contribution >= 4 is 5.91 Å². The maximum absolute atomic E-state index is 12.4. The summed E-state index contributed by atoms with van der Waals surface area (Å²) >= 11 is 0. The van der Waals surface area contributed by atoms with E-state index in [1.165, 1.54) is 5.56 Å². The Labute approximate surface area is 160 Å². The van der Waals surface area contributed by atoms with Crippen molar-refractivity contribution < 1.29 is 9.69 Å². The van der Waals surface area contributed by atoms with Crippen LogP contribution in [0, 0.1) is 0 Å². The Hall–Kier alpha value is -2.92. The highest BCUT2D eigenvalue weighted by molar-refractivity contribution is 5.93. The van der Waals surface area contributed by atoms with Gasteiger partial charge in [0.05, 0.1) is 30.5 Å². The molecule has 3 rings (SSSR count). The first-order valence-corrected chi connectivity index (χ1v) is 9.49. The Morgan fingerprint density at radius 1 is 1.00 bits per heavy atom. The van der Waals surface area contributed by atoms with Crippen molar-refractivity contribution in [2.24, 2.45) is 0 Å². The van der Waals surface area contributed by atoms with Crippen molar-refractivity contribution in [2.45, 2.75) is 26.9 Å². The molecule has 0 aliphatic rings. The molecule has 140 valence electrons. The van der Waals surface area contributed by atoms with Crippen LogP contribution < -0.4 is 10.2 Å².